The summed E-state index contributed by atoms with van der Waals surface area (Å²) in [5.41, 5.74) is 1.03. The molecule has 1 aromatic rings. The van der Waals surface area contributed by atoms with E-state index in [1.807, 2.05) is 6.92 Å². The zero-order chi connectivity index (χ0) is 15.1. The van der Waals surface area contributed by atoms with Crippen LogP contribution < -0.4 is 4.74 Å². The first-order valence-corrected chi connectivity index (χ1v) is 5.98. The summed E-state index contributed by atoms with van der Waals surface area (Å²) < 4.78 is 14.5. The van der Waals surface area contributed by atoms with Crippen molar-refractivity contribution in [3.05, 3.63) is 29.8 Å². The molecule has 0 saturated carbocycles. The highest BCUT2D eigenvalue weighted by Gasteiger charge is 2.21. The van der Waals surface area contributed by atoms with Gasteiger partial charge in [-0.05, 0) is 19.1 Å². The van der Waals surface area contributed by atoms with Crippen LogP contribution in [0.4, 0.5) is 0 Å². The molecule has 0 radical (unpaired) electrons. The number of aryl methyl sites for hydroxylation is 1. The van der Waals surface area contributed by atoms with Crippen molar-refractivity contribution in [3.8, 4) is 5.75 Å². The highest BCUT2D eigenvalue weighted by Crippen LogP contribution is 2.13. The fourth-order valence-corrected chi connectivity index (χ4v) is 1.39. The summed E-state index contributed by atoms with van der Waals surface area (Å²) in [4.78, 5) is 33.4. The SMILES string of the molecule is CC(=O)OC(CC(=O)Oc1ccc(C)cc1)OC(C)=O. The maximum Gasteiger partial charge on any atom is 0.318 e. The molecular formula is C14H16O6. The quantitative estimate of drug-likeness (QED) is 0.464. The van der Waals surface area contributed by atoms with E-state index in [-0.39, 0.29) is 6.42 Å². The predicted octanol–water partition coefficient (Wildman–Crippen LogP) is 1.74. The van der Waals surface area contributed by atoms with Gasteiger partial charge in [-0.15, -0.1) is 0 Å². The van der Waals surface area contributed by atoms with Crippen LogP contribution in [0.15, 0.2) is 24.3 Å². The smallest absolute Gasteiger partial charge is 0.318 e. The zero-order valence-corrected chi connectivity index (χ0v) is 11.5. The van der Waals surface area contributed by atoms with E-state index in [1.54, 1.807) is 24.3 Å². The average molecular weight is 280 g/mol. The third kappa shape index (κ3) is 5.99. The molecule has 0 spiro atoms. The fourth-order valence-electron chi connectivity index (χ4n) is 1.39. The Balaban J connectivity index is 2.58. The third-order valence-electron chi connectivity index (χ3n) is 2.18. The Morgan fingerprint density at radius 2 is 1.50 bits per heavy atom. The first-order valence-electron chi connectivity index (χ1n) is 5.98. The van der Waals surface area contributed by atoms with Crippen LogP contribution in [-0.4, -0.2) is 24.2 Å². The van der Waals surface area contributed by atoms with E-state index in [4.69, 9.17) is 14.2 Å². The molecule has 0 aliphatic rings. The van der Waals surface area contributed by atoms with Gasteiger partial charge in [0.05, 0.1) is 0 Å². The number of carbonyl (C=O) groups excluding carboxylic acids is 3. The van der Waals surface area contributed by atoms with Crippen molar-refractivity contribution in [1.29, 1.82) is 0 Å². The van der Waals surface area contributed by atoms with Crippen LogP contribution in [0, 0.1) is 6.92 Å². The highest BCUT2D eigenvalue weighted by molar-refractivity contribution is 5.74. The van der Waals surface area contributed by atoms with Crippen LogP contribution in [0.2, 0.25) is 0 Å². The molecule has 6 heteroatoms. The number of carbonyl (C=O) groups is 3. The second-order valence-corrected chi connectivity index (χ2v) is 4.14. The Hall–Kier alpha value is -2.37. The van der Waals surface area contributed by atoms with Crippen molar-refractivity contribution in [3.63, 3.8) is 0 Å². The summed E-state index contributed by atoms with van der Waals surface area (Å²) in [6.45, 7) is 4.21. The molecule has 20 heavy (non-hydrogen) atoms. The lowest BCUT2D eigenvalue weighted by Crippen LogP contribution is -2.27. The molecule has 0 aliphatic heterocycles. The Morgan fingerprint density at radius 1 is 1.00 bits per heavy atom. The van der Waals surface area contributed by atoms with E-state index in [0.29, 0.717) is 5.75 Å². The average Bonchev–Trinajstić information content (AvgIpc) is 2.30. The molecule has 0 amide bonds. The van der Waals surface area contributed by atoms with E-state index in [1.165, 1.54) is 0 Å². The van der Waals surface area contributed by atoms with Gasteiger partial charge in [0.2, 0.25) is 0 Å². The molecule has 108 valence electrons. The number of hydrogen-bond acceptors (Lipinski definition) is 6. The molecule has 0 saturated heterocycles. The second kappa shape index (κ2) is 7.28. The fraction of sp³-hybridized carbons (Fsp3) is 0.357. The normalized spacial score (nSPS) is 10.0. The van der Waals surface area contributed by atoms with Gasteiger partial charge in [0.1, 0.15) is 12.2 Å². The summed E-state index contributed by atoms with van der Waals surface area (Å²) >= 11 is 0. The van der Waals surface area contributed by atoms with Crippen LogP contribution >= 0.6 is 0 Å². The molecule has 0 atom stereocenters. The standard InChI is InChI=1S/C14H16O6/c1-9-4-6-12(7-5-9)20-13(17)8-14(18-10(2)15)19-11(3)16/h4-7,14H,8H2,1-3H3. The van der Waals surface area contributed by atoms with Crippen molar-refractivity contribution in [2.24, 2.45) is 0 Å². The van der Waals surface area contributed by atoms with Gasteiger partial charge in [-0.3, -0.25) is 14.4 Å². The second-order valence-electron chi connectivity index (χ2n) is 4.14. The van der Waals surface area contributed by atoms with Gasteiger partial charge in [-0.1, -0.05) is 17.7 Å². The van der Waals surface area contributed by atoms with Gasteiger partial charge in [0.15, 0.2) is 0 Å². The van der Waals surface area contributed by atoms with Gasteiger partial charge >= 0.3 is 17.9 Å². The minimum Gasteiger partial charge on any atom is -0.426 e. The first-order chi connectivity index (χ1) is 9.36. The Labute approximate surface area is 116 Å². The van der Waals surface area contributed by atoms with Crippen molar-refractivity contribution < 1.29 is 28.6 Å². The van der Waals surface area contributed by atoms with Gasteiger partial charge in [-0.2, -0.15) is 0 Å². The van der Waals surface area contributed by atoms with E-state index in [0.717, 1.165) is 19.4 Å². The zero-order valence-electron chi connectivity index (χ0n) is 11.5. The molecule has 1 rings (SSSR count). The van der Waals surface area contributed by atoms with Gasteiger partial charge in [-0.25, -0.2) is 0 Å². The van der Waals surface area contributed by atoms with Crippen molar-refractivity contribution in [2.45, 2.75) is 33.5 Å². The molecule has 0 aliphatic carbocycles. The maximum atomic E-state index is 11.7. The van der Waals surface area contributed by atoms with E-state index < -0.39 is 24.2 Å². The van der Waals surface area contributed by atoms with Crippen LogP contribution in [0.3, 0.4) is 0 Å². The van der Waals surface area contributed by atoms with Crippen LogP contribution in [0.25, 0.3) is 0 Å². The molecule has 1 aromatic carbocycles. The van der Waals surface area contributed by atoms with E-state index in [2.05, 4.69) is 0 Å². The number of benzene rings is 1. The van der Waals surface area contributed by atoms with Crippen molar-refractivity contribution >= 4 is 17.9 Å². The lowest BCUT2D eigenvalue weighted by atomic mass is 10.2. The molecular weight excluding hydrogens is 264 g/mol. The van der Waals surface area contributed by atoms with Gasteiger partial charge in [0.25, 0.3) is 6.29 Å². The molecule has 0 heterocycles. The van der Waals surface area contributed by atoms with Crippen LogP contribution in [-0.2, 0) is 23.9 Å². The first kappa shape index (κ1) is 15.7. The number of esters is 3. The topological polar surface area (TPSA) is 78.9 Å². The molecule has 0 fully saturated rings. The Morgan fingerprint density at radius 3 is 1.95 bits per heavy atom. The van der Waals surface area contributed by atoms with E-state index >= 15 is 0 Å². The van der Waals surface area contributed by atoms with E-state index in [9.17, 15) is 14.4 Å². The Bertz CT molecular complexity index is 475. The van der Waals surface area contributed by atoms with Gasteiger partial charge in [0, 0.05) is 13.8 Å². The molecule has 0 bridgehead atoms. The lowest BCUT2D eigenvalue weighted by molar-refractivity contribution is -0.187. The third-order valence-corrected chi connectivity index (χ3v) is 2.18. The summed E-state index contributed by atoms with van der Waals surface area (Å²) in [6, 6.07) is 6.86. The Kier molecular flexibility index (Phi) is 5.71. The minimum absolute atomic E-state index is 0.366. The van der Waals surface area contributed by atoms with Gasteiger partial charge < -0.3 is 14.2 Å². The number of rotatable bonds is 5. The lowest BCUT2D eigenvalue weighted by Gasteiger charge is -2.15. The predicted molar refractivity (Wildman–Crippen MR) is 68.8 cm³/mol. The monoisotopic (exact) mass is 280 g/mol. The molecule has 0 N–H and O–H groups in total. The van der Waals surface area contributed by atoms with Crippen molar-refractivity contribution in [2.75, 3.05) is 0 Å². The highest BCUT2D eigenvalue weighted by atomic mass is 16.7. The minimum atomic E-state index is -1.28. The summed E-state index contributed by atoms with van der Waals surface area (Å²) in [5.74, 6) is -1.61. The van der Waals surface area contributed by atoms with Crippen LogP contribution in [0.5, 0.6) is 5.75 Å². The summed E-state index contributed by atoms with van der Waals surface area (Å²) in [5, 5.41) is 0. The molecule has 0 unspecified atom stereocenters. The van der Waals surface area contributed by atoms with Crippen molar-refractivity contribution in [1.82, 2.24) is 0 Å². The number of ether oxygens (including phenoxy) is 3. The maximum absolute atomic E-state index is 11.7. The molecule has 0 aromatic heterocycles. The largest absolute Gasteiger partial charge is 0.426 e. The number of hydrogen-bond donors (Lipinski definition) is 0. The molecule has 6 nitrogen and oxygen atoms in total. The summed E-state index contributed by atoms with van der Waals surface area (Å²) in [6.07, 6.45) is -1.64. The van der Waals surface area contributed by atoms with Crippen LogP contribution in [0.1, 0.15) is 25.8 Å². The summed E-state index contributed by atoms with van der Waals surface area (Å²) in [7, 11) is 0.